The Morgan fingerprint density at radius 1 is 1.25 bits per heavy atom. The van der Waals surface area contributed by atoms with E-state index in [4.69, 9.17) is 4.74 Å². The first-order valence-electron chi connectivity index (χ1n) is 6.84. The topological polar surface area (TPSA) is 84.5 Å². The van der Waals surface area contributed by atoms with Gasteiger partial charge >= 0.3 is 5.97 Å². The first-order valence-corrected chi connectivity index (χ1v) is 6.84. The predicted octanol–water partition coefficient (Wildman–Crippen LogP) is 0.527. The molecule has 0 radical (unpaired) electrons. The van der Waals surface area contributed by atoms with Crippen LogP contribution >= 0.6 is 0 Å². The van der Waals surface area contributed by atoms with Crippen molar-refractivity contribution in [2.24, 2.45) is 5.92 Å². The van der Waals surface area contributed by atoms with Gasteiger partial charge in [0.1, 0.15) is 0 Å². The molecule has 1 saturated carbocycles. The van der Waals surface area contributed by atoms with Crippen LogP contribution in [0.25, 0.3) is 0 Å². The minimum atomic E-state index is -0.281. The van der Waals surface area contributed by atoms with E-state index in [-0.39, 0.29) is 36.2 Å². The van der Waals surface area contributed by atoms with Gasteiger partial charge in [0.15, 0.2) is 0 Å². The van der Waals surface area contributed by atoms with E-state index in [1.165, 1.54) is 13.2 Å². The van der Waals surface area contributed by atoms with Crippen LogP contribution in [-0.4, -0.2) is 37.5 Å². The molecule has 0 unspecified atom stereocenters. The van der Waals surface area contributed by atoms with Gasteiger partial charge in [-0.15, -0.1) is 0 Å². The van der Waals surface area contributed by atoms with Crippen molar-refractivity contribution in [1.82, 2.24) is 10.6 Å². The zero-order valence-electron chi connectivity index (χ0n) is 11.8. The van der Waals surface area contributed by atoms with Crippen LogP contribution in [0.2, 0.25) is 0 Å². The van der Waals surface area contributed by atoms with E-state index in [9.17, 15) is 14.4 Å². The number of ether oxygens (including phenoxy) is 1. The Bertz CT molecular complexity index is 373. The number of carbonyl (C=O) groups excluding carboxylic acids is 3. The van der Waals surface area contributed by atoms with E-state index in [1.54, 1.807) is 0 Å². The SMILES string of the molecule is C=CC(=O)NCCC(=O)NC1CCC(C(=O)OC)CC1. The smallest absolute Gasteiger partial charge is 0.308 e. The molecule has 20 heavy (non-hydrogen) atoms. The summed E-state index contributed by atoms with van der Waals surface area (Å²) in [5.74, 6) is -0.575. The first kappa shape index (κ1) is 16.2. The van der Waals surface area contributed by atoms with Gasteiger partial charge in [-0.25, -0.2) is 0 Å². The van der Waals surface area contributed by atoms with Crippen LogP contribution in [0, 0.1) is 5.92 Å². The third-order valence-corrected chi connectivity index (χ3v) is 3.46. The summed E-state index contributed by atoms with van der Waals surface area (Å²) in [4.78, 5) is 34.0. The Morgan fingerprint density at radius 2 is 1.90 bits per heavy atom. The summed E-state index contributed by atoms with van der Waals surface area (Å²) in [5.41, 5.74) is 0. The Balaban J connectivity index is 2.19. The van der Waals surface area contributed by atoms with Crippen molar-refractivity contribution in [2.75, 3.05) is 13.7 Å². The van der Waals surface area contributed by atoms with E-state index in [0.29, 0.717) is 6.54 Å². The molecule has 0 aliphatic heterocycles. The molecule has 0 saturated heterocycles. The maximum absolute atomic E-state index is 11.7. The summed E-state index contributed by atoms with van der Waals surface area (Å²) in [5, 5.41) is 5.47. The van der Waals surface area contributed by atoms with Gasteiger partial charge in [0.05, 0.1) is 13.0 Å². The Kier molecular flexibility index (Phi) is 6.76. The van der Waals surface area contributed by atoms with Crippen LogP contribution in [-0.2, 0) is 19.1 Å². The average molecular weight is 282 g/mol. The molecule has 1 aliphatic carbocycles. The summed E-state index contributed by atoms with van der Waals surface area (Å²) in [7, 11) is 1.40. The van der Waals surface area contributed by atoms with Crippen LogP contribution in [0.5, 0.6) is 0 Å². The molecule has 1 rings (SSSR count). The lowest BCUT2D eigenvalue weighted by Gasteiger charge is -2.27. The monoisotopic (exact) mass is 282 g/mol. The number of hydrogen-bond acceptors (Lipinski definition) is 4. The zero-order valence-corrected chi connectivity index (χ0v) is 11.8. The molecular formula is C14H22N2O4. The highest BCUT2D eigenvalue weighted by Crippen LogP contribution is 2.25. The second kappa shape index (κ2) is 8.35. The quantitative estimate of drug-likeness (QED) is 0.549. The van der Waals surface area contributed by atoms with Crippen molar-refractivity contribution in [2.45, 2.75) is 38.1 Å². The van der Waals surface area contributed by atoms with Crippen LogP contribution in [0.15, 0.2) is 12.7 Å². The van der Waals surface area contributed by atoms with Gasteiger partial charge in [0.25, 0.3) is 0 Å². The highest BCUT2D eigenvalue weighted by atomic mass is 16.5. The molecule has 0 heterocycles. The Labute approximate surface area is 118 Å². The van der Waals surface area contributed by atoms with Crippen molar-refractivity contribution in [3.63, 3.8) is 0 Å². The molecule has 112 valence electrons. The van der Waals surface area contributed by atoms with Crippen molar-refractivity contribution >= 4 is 17.8 Å². The molecule has 0 atom stereocenters. The minimum Gasteiger partial charge on any atom is -0.469 e. The van der Waals surface area contributed by atoms with Crippen molar-refractivity contribution in [3.05, 3.63) is 12.7 Å². The summed E-state index contributed by atoms with van der Waals surface area (Å²) >= 11 is 0. The van der Waals surface area contributed by atoms with Crippen LogP contribution < -0.4 is 10.6 Å². The van der Waals surface area contributed by atoms with Gasteiger partial charge in [0, 0.05) is 19.0 Å². The van der Waals surface area contributed by atoms with Crippen molar-refractivity contribution in [1.29, 1.82) is 0 Å². The predicted molar refractivity (Wildman–Crippen MR) is 73.7 cm³/mol. The third kappa shape index (κ3) is 5.42. The molecule has 0 aromatic heterocycles. The number of esters is 1. The van der Waals surface area contributed by atoms with E-state index < -0.39 is 0 Å². The van der Waals surface area contributed by atoms with Crippen LogP contribution in [0.1, 0.15) is 32.1 Å². The molecule has 1 aliphatic rings. The summed E-state index contributed by atoms with van der Waals surface area (Å²) in [6.45, 7) is 3.63. The molecule has 0 bridgehead atoms. The maximum Gasteiger partial charge on any atom is 0.308 e. The highest BCUT2D eigenvalue weighted by molar-refractivity contribution is 5.87. The number of amides is 2. The second-order valence-electron chi connectivity index (χ2n) is 4.88. The largest absolute Gasteiger partial charge is 0.469 e. The fraction of sp³-hybridized carbons (Fsp3) is 0.643. The van der Waals surface area contributed by atoms with Crippen molar-refractivity contribution in [3.8, 4) is 0 Å². The highest BCUT2D eigenvalue weighted by Gasteiger charge is 2.27. The third-order valence-electron chi connectivity index (χ3n) is 3.46. The fourth-order valence-corrected chi connectivity index (χ4v) is 2.31. The number of nitrogens with one attached hydrogen (secondary N) is 2. The molecule has 0 spiro atoms. The van der Waals surface area contributed by atoms with Crippen molar-refractivity contribution < 1.29 is 19.1 Å². The lowest BCUT2D eigenvalue weighted by Crippen LogP contribution is -2.40. The number of rotatable bonds is 6. The molecule has 2 N–H and O–H groups in total. The van der Waals surface area contributed by atoms with E-state index in [2.05, 4.69) is 17.2 Å². The van der Waals surface area contributed by atoms with E-state index in [0.717, 1.165) is 25.7 Å². The van der Waals surface area contributed by atoms with Crippen LogP contribution in [0.3, 0.4) is 0 Å². The van der Waals surface area contributed by atoms with E-state index in [1.807, 2.05) is 0 Å². The fourth-order valence-electron chi connectivity index (χ4n) is 2.31. The zero-order chi connectivity index (χ0) is 15.0. The van der Waals surface area contributed by atoms with Gasteiger partial charge in [-0.2, -0.15) is 0 Å². The number of methoxy groups -OCH3 is 1. The van der Waals surface area contributed by atoms with E-state index >= 15 is 0 Å². The van der Waals surface area contributed by atoms with Gasteiger partial charge in [-0.3, -0.25) is 14.4 Å². The minimum absolute atomic E-state index is 0.0416. The standard InChI is InChI=1S/C14H22N2O4/c1-3-12(17)15-9-8-13(18)16-11-6-4-10(5-7-11)14(19)20-2/h3,10-11H,1,4-9H2,2H3,(H,15,17)(H,16,18). The summed E-state index contributed by atoms with van der Waals surface area (Å²) < 4.78 is 4.72. The normalized spacial score (nSPS) is 21.6. The number of carbonyl (C=O) groups is 3. The van der Waals surface area contributed by atoms with Crippen LogP contribution in [0.4, 0.5) is 0 Å². The van der Waals surface area contributed by atoms with Gasteiger partial charge < -0.3 is 15.4 Å². The maximum atomic E-state index is 11.7. The molecular weight excluding hydrogens is 260 g/mol. The molecule has 1 fully saturated rings. The van der Waals surface area contributed by atoms with Gasteiger partial charge in [0.2, 0.25) is 11.8 Å². The average Bonchev–Trinajstić information content (AvgIpc) is 2.47. The first-order chi connectivity index (χ1) is 9.56. The molecule has 6 heteroatoms. The Morgan fingerprint density at radius 3 is 2.45 bits per heavy atom. The summed E-state index contributed by atoms with van der Waals surface area (Å²) in [6, 6.07) is 0.110. The molecule has 0 aromatic rings. The molecule has 6 nitrogen and oxygen atoms in total. The second-order valence-corrected chi connectivity index (χ2v) is 4.88. The lowest BCUT2D eigenvalue weighted by molar-refractivity contribution is -0.146. The lowest BCUT2D eigenvalue weighted by atomic mass is 9.86. The van der Waals surface area contributed by atoms with Gasteiger partial charge in [-0.1, -0.05) is 6.58 Å². The summed E-state index contributed by atoms with van der Waals surface area (Å²) in [6.07, 6.45) is 4.47. The number of hydrogen-bond donors (Lipinski definition) is 2. The Hall–Kier alpha value is -1.85. The molecule has 0 aromatic carbocycles. The van der Waals surface area contributed by atoms with Gasteiger partial charge in [-0.05, 0) is 31.8 Å². The molecule has 2 amide bonds.